The van der Waals surface area contributed by atoms with E-state index in [1.165, 1.54) is 28.1 Å². The molecule has 1 saturated heterocycles. The zero-order valence-corrected chi connectivity index (χ0v) is 18.1. The summed E-state index contributed by atoms with van der Waals surface area (Å²) in [4.78, 5) is 22.2. The van der Waals surface area contributed by atoms with Gasteiger partial charge >= 0.3 is 0 Å². The van der Waals surface area contributed by atoms with E-state index in [1.807, 2.05) is 12.1 Å². The highest BCUT2D eigenvalue weighted by Gasteiger charge is 2.44. The molecule has 0 spiro atoms. The van der Waals surface area contributed by atoms with Crippen LogP contribution in [0.1, 0.15) is 27.8 Å². The number of halogens is 1. The molecule has 1 fully saturated rings. The average Bonchev–Trinajstić information content (AvgIpc) is 3.29. The summed E-state index contributed by atoms with van der Waals surface area (Å²) in [6.07, 6.45) is 0. The largest absolute Gasteiger partial charge is 0.297 e. The van der Waals surface area contributed by atoms with E-state index in [1.54, 1.807) is 19.1 Å². The zero-order chi connectivity index (χ0) is 21.4. The van der Waals surface area contributed by atoms with Crippen molar-refractivity contribution in [2.75, 3.05) is 26.2 Å². The minimum absolute atomic E-state index is 0.124. The summed E-state index contributed by atoms with van der Waals surface area (Å²) in [6.45, 7) is 5.94. The number of hydrogen-bond acceptors (Lipinski definition) is 6. The predicted molar refractivity (Wildman–Crippen MR) is 117 cm³/mol. The van der Waals surface area contributed by atoms with E-state index in [0.717, 1.165) is 32.7 Å². The van der Waals surface area contributed by atoms with Gasteiger partial charge in [0.25, 0.3) is 5.91 Å². The monoisotopic (exact) mass is 437 g/mol. The molecule has 0 saturated carbocycles. The zero-order valence-electron chi connectivity index (χ0n) is 17.3. The summed E-state index contributed by atoms with van der Waals surface area (Å²) in [7, 11) is 0. The first-order valence-electron chi connectivity index (χ1n) is 10.5. The van der Waals surface area contributed by atoms with Crippen LogP contribution in [0.5, 0.6) is 0 Å². The van der Waals surface area contributed by atoms with Crippen LogP contribution in [0.15, 0.2) is 59.8 Å². The van der Waals surface area contributed by atoms with Crippen LogP contribution in [0.2, 0.25) is 0 Å². The fourth-order valence-corrected chi connectivity index (χ4v) is 5.70. The Bertz CT molecular complexity index is 1080. The molecule has 3 aromatic rings. The van der Waals surface area contributed by atoms with Crippen LogP contribution in [0.3, 0.4) is 0 Å². The maximum Gasteiger partial charge on any atom is 0.264 e. The lowest BCUT2D eigenvalue weighted by Crippen LogP contribution is -2.50. The van der Waals surface area contributed by atoms with Crippen LogP contribution >= 0.6 is 11.8 Å². The van der Waals surface area contributed by atoms with Crippen molar-refractivity contribution in [1.29, 1.82) is 0 Å². The summed E-state index contributed by atoms with van der Waals surface area (Å²) in [6, 6.07) is 16.8. The smallest absolute Gasteiger partial charge is 0.264 e. The van der Waals surface area contributed by atoms with E-state index in [9.17, 15) is 9.18 Å². The molecule has 2 aliphatic rings. The highest BCUT2D eigenvalue weighted by Crippen LogP contribution is 2.41. The van der Waals surface area contributed by atoms with Crippen LogP contribution in [0, 0.1) is 12.7 Å². The SMILES string of the molecule is Cc1nc2n(n1)C(=O)C(C(c1ccccc1F)N1CCN(Cc3ccccc3)CC1)S2. The van der Waals surface area contributed by atoms with E-state index < -0.39 is 5.25 Å². The molecule has 0 amide bonds. The first kappa shape index (κ1) is 20.4. The topological polar surface area (TPSA) is 54.3 Å². The Hall–Kier alpha value is -2.55. The molecule has 0 bridgehead atoms. The van der Waals surface area contributed by atoms with Crippen molar-refractivity contribution in [3.63, 3.8) is 0 Å². The molecule has 2 atom stereocenters. The van der Waals surface area contributed by atoms with E-state index in [4.69, 9.17) is 0 Å². The molecule has 0 aliphatic carbocycles. The number of nitrogens with zero attached hydrogens (tertiary/aromatic N) is 5. The maximum absolute atomic E-state index is 14.9. The van der Waals surface area contributed by atoms with Crippen molar-refractivity contribution in [2.24, 2.45) is 0 Å². The fraction of sp³-hybridized carbons (Fsp3) is 0.348. The van der Waals surface area contributed by atoms with E-state index in [2.05, 4.69) is 44.1 Å². The van der Waals surface area contributed by atoms with Gasteiger partial charge in [-0.3, -0.25) is 14.6 Å². The summed E-state index contributed by atoms with van der Waals surface area (Å²) in [5.41, 5.74) is 1.85. The lowest BCUT2D eigenvalue weighted by molar-refractivity contribution is 0.0708. The van der Waals surface area contributed by atoms with Gasteiger partial charge in [-0.15, -0.1) is 5.10 Å². The van der Waals surface area contributed by atoms with E-state index in [-0.39, 0.29) is 17.8 Å². The Kier molecular flexibility index (Phi) is 5.60. The number of fused-ring (bicyclic) bond motifs is 1. The van der Waals surface area contributed by atoms with Gasteiger partial charge in [0.05, 0.1) is 6.04 Å². The molecule has 2 unspecified atom stereocenters. The normalized spacial score (nSPS) is 20.7. The van der Waals surface area contributed by atoms with Gasteiger partial charge in [0.1, 0.15) is 16.9 Å². The Morgan fingerprint density at radius 2 is 1.77 bits per heavy atom. The molecule has 8 heteroatoms. The van der Waals surface area contributed by atoms with Crippen molar-refractivity contribution in [1.82, 2.24) is 24.6 Å². The third kappa shape index (κ3) is 4.03. The predicted octanol–water partition coefficient (Wildman–Crippen LogP) is 3.40. The van der Waals surface area contributed by atoms with Crippen LogP contribution in [-0.4, -0.2) is 61.9 Å². The average molecular weight is 438 g/mol. The number of rotatable bonds is 5. The quantitative estimate of drug-likeness (QED) is 0.610. The molecule has 160 valence electrons. The Morgan fingerprint density at radius 1 is 1.06 bits per heavy atom. The molecule has 0 radical (unpaired) electrons. The molecular weight excluding hydrogens is 413 g/mol. The summed E-state index contributed by atoms with van der Waals surface area (Å²) >= 11 is 1.39. The lowest BCUT2D eigenvalue weighted by atomic mass is 9.99. The summed E-state index contributed by atoms with van der Waals surface area (Å²) in [5, 5.41) is 4.37. The number of hydrogen-bond donors (Lipinski definition) is 0. The second kappa shape index (κ2) is 8.53. The highest BCUT2D eigenvalue weighted by atomic mass is 32.2. The van der Waals surface area contributed by atoms with Crippen molar-refractivity contribution >= 4 is 17.7 Å². The molecule has 6 nitrogen and oxygen atoms in total. The maximum atomic E-state index is 14.9. The Morgan fingerprint density at radius 3 is 2.48 bits per heavy atom. The van der Waals surface area contributed by atoms with Crippen LogP contribution in [0.4, 0.5) is 4.39 Å². The Labute approximate surface area is 185 Å². The van der Waals surface area contributed by atoms with Gasteiger partial charge in [0.2, 0.25) is 0 Å². The van der Waals surface area contributed by atoms with Gasteiger partial charge in [0, 0.05) is 38.3 Å². The molecular formula is C23H24FN5OS. The molecule has 5 rings (SSSR count). The number of piperazine rings is 1. The number of aryl methyl sites for hydroxylation is 1. The number of carbonyl (C=O) groups excluding carboxylic acids is 1. The summed E-state index contributed by atoms with van der Waals surface area (Å²) < 4.78 is 16.2. The van der Waals surface area contributed by atoms with Crippen molar-refractivity contribution in [3.05, 3.63) is 77.4 Å². The molecule has 2 aromatic carbocycles. The van der Waals surface area contributed by atoms with Crippen LogP contribution in [-0.2, 0) is 6.54 Å². The van der Waals surface area contributed by atoms with Crippen molar-refractivity contribution in [3.8, 4) is 0 Å². The highest BCUT2D eigenvalue weighted by molar-refractivity contribution is 8.00. The van der Waals surface area contributed by atoms with Crippen LogP contribution < -0.4 is 0 Å². The van der Waals surface area contributed by atoms with Gasteiger partial charge in [-0.05, 0) is 18.6 Å². The molecule has 1 aromatic heterocycles. The van der Waals surface area contributed by atoms with E-state index in [0.29, 0.717) is 16.5 Å². The number of benzene rings is 2. The standard InChI is InChI=1S/C23H24FN5OS/c1-16-25-23-29(26-16)22(30)21(31-23)20(18-9-5-6-10-19(18)24)28-13-11-27(12-14-28)15-17-7-3-2-4-8-17/h2-10,20-21H,11-15H2,1H3. The van der Waals surface area contributed by atoms with Crippen LogP contribution in [0.25, 0.3) is 0 Å². The lowest BCUT2D eigenvalue weighted by Gasteiger charge is -2.41. The minimum atomic E-state index is -0.465. The fourth-order valence-electron chi connectivity index (χ4n) is 4.41. The van der Waals surface area contributed by atoms with Gasteiger partial charge in [-0.1, -0.05) is 60.3 Å². The van der Waals surface area contributed by atoms with Crippen molar-refractivity contribution in [2.45, 2.75) is 29.9 Å². The number of thioether (sulfide) groups is 1. The Balaban J connectivity index is 1.37. The number of carbonyl (C=O) groups is 1. The molecule has 31 heavy (non-hydrogen) atoms. The van der Waals surface area contributed by atoms with E-state index >= 15 is 0 Å². The second-order valence-corrected chi connectivity index (χ2v) is 9.10. The molecule has 0 N–H and O–H groups in total. The first-order valence-corrected chi connectivity index (χ1v) is 11.4. The minimum Gasteiger partial charge on any atom is -0.297 e. The third-order valence-electron chi connectivity index (χ3n) is 5.93. The van der Waals surface area contributed by atoms with Gasteiger partial charge in [0.15, 0.2) is 5.16 Å². The first-order chi connectivity index (χ1) is 15.1. The molecule has 2 aliphatic heterocycles. The molecule has 3 heterocycles. The van der Waals surface area contributed by atoms with Gasteiger partial charge in [-0.2, -0.15) is 4.68 Å². The van der Waals surface area contributed by atoms with Gasteiger partial charge in [-0.25, -0.2) is 9.37 Å². The third-order valence-corrected chi connectivity index (χ3v) is 7.12. The summed E-state index contributed by atoms with van der Waals surface area (Å²) in [5.74, 6) is 0.174. The van der Waals surface area contributed by atoms with Gasteiger partial charge < -0.3 is 0 Å². The van der Waals surface area contributed by atoms with Crippen molar-refractivity contribution < 1.29 is 9.18 Å². The second-order valence-electron chi connectivity index (χ2n) is 7.99. The number of aromatic nitrogens is 3.